The van der Waals surface area contributed by atoms with Gasteiger partial charge in [-0.15, -0.1) is 0 Å². The van der Waals surface area contributed by atoms with E-state index in [2.05, 4.69) is 10.6 Å². The van der Waals surface area contributed by atoms with E-state index < -0.39 is 45.5 Å². The van der Waals surface area contributed by atoms with Crippen molar-refractivity contribution in [1.29, 1.82) is 0 Å². The van der Waals surface area contributed by atoms with Crippen LogP contribution in [0.25, 0.3) is 0 Å². The third-order valence-electron chi connectivity index (χ3n) is 4.37. The summed E-state index contributed by atoms with van der Waals surface area (Å²) in [6.07, 6.45) is -0.142. The average molecular weight is 432 g/mol. The predicted octanol–water partition coefficient (Wildman–Crippen LogP) is 1.17. The Morgan fingerprint density at radius 3 is 2.00 bits per heavy atom. The molecule has 2 amide bonds. The van der Waals surface area contributed by atoms with Crippen LogP contribution in [0.1, 0.15) is 18.9 Å². The molecule has 160 valence electrons. The first-order chi connectivity index (χ1) is 14.2. The fraction of sp³-hybridized carbons (Fsp3) is 0.286. The van der Waals surface area contributed by atoms with Gasteiger partial charge in [0.25, 0.3) is 0 Å². The molecule has 0 aliphatic heterocycles. The lowest BCUT2D eigenvalue weighted by Crippen LogP contribution is -2.52. The zero-order valence-electron chi connectivity index (χ0n) is 16.4. The molecule has 30 heavy (non-hydrogen) atoms. The molecule has 2 aromatic rings. The molecule has 0 bridgehead atoms. The van der Waals surface area contributed by atoms with Crippen molar-refractivity contribution >= 4 is 27.6 Å². The van der Waals surface area contributed by atoms with Crippen LogP contribution in [-0.2, 0) is 30.6 Å². The highest BCUT2D eigenvalue weighted by molar-refractivity contribution is 7.91. The van der Waals surface area contributed by atoms with E-state index in [-0.39, 0.29) is 17.7 Å². The molecule has 0 aliphatic carbocycles. The van der Waals surface area contributed by atoms with Crippen LogP contribution in [0.2, 0.25) is 0 Å². The number of rotatable bonds is 10. The summed E-state index contributed by atoms with van der Waals surface area (Å²) in [4.78, 5) is 35.8. The molecule has 0 fully saturated rings. The first-order valence-electron chi connectivity index (χ1n) is 9.31. The fourth-order valence-electron chi connectivity index (χ4n) is 2.85. The van der Waals surface area contributed by atoms with Crippen molar-refractivity contribution in [3.05, 3.63) is 66.2 Å². The Bertz CT molecular complexity index is 977. The van der Waals surface area contributed by atoms with Crippen LogP contribution in [-0.4, -0.2) is 49.1 Å². The molecule has 0 spiro atoms. The van der Waals surface area contributed by atoms with E-state index in [9.17, 15) is 27.9 Å². The van der Waals surface area contributed by atoms with Crippen LogP contribution in [0.15, 0.2) is 65.6 Å². The van der Waals surface area contributed by atoms with Gasteiger partial charge in [-0.25, -0.2) is 13.2 Å². The molecule has 0 aromatic heterocycles. The third-order valence-corrected chi connectivity index (χ3v) is 6.13. The normalized spacial score (nSPS) is 13.1. The summed E-state index contributed by atoms with van der Waals surface area (Å²) >= 11 is 0. The minimum atomic E-state index is -3.70. The predicted molar refractivity (Wildman–Crippen MR) is 110 cm³/mol. The maximum Gasteiger partial charge on any atom is 0.326 e. The standard InChI is InChI=1S/C21H24N2O6S/c1-15(24)22-19(14-16-8-4-2-5-9-16)20(25)23-18(21(26)27)12-13-30(28,29)17-10-6-3-7-11-17/h2-11,18-19H,12-14H2,1H3,(H,22,24)(H,23,25)(H,26,27)/t18-,19+/m1/s1. The molecule has 0 heterocycles. The van der Waals surface area contributed by atoms with Crippen LogP contribution in [0.5, 0.6) is 0 Å². The largest absolute Gasteiger partial charge is 0.480 e. The van der Waals surface area contributed by atoms with Gasteiger partial charge in [0.15, 0.2) is 9.84 Å². The SMILES string of the molecule is CC(=O)N[C@@H](Cc1ccccc1)C(=O)N[C@H](CCS(=O)(=O)c1ccccc1)C(=O)O. The van der Waals surface area contributed by atoms with Crippen molar-refractivity contribution in [2.75, 3.05) is 5.75 Å². The van der Waals surface area contributed by atoms with Gasteiger partial charge in [-0.3, -0.25) is 9.59 Å². The maximum absolute atomic E-state index is 12.7. The molecule has 0 radical (unpaired) electrons. The first kappa shape index (κ1) is 23.1. The minimum absolute atomic E-state index is 0.0839. The summed E-state index contributed by atoms with van der Waals surface area (Å²) in [6, 6.07) is 14.2. The maximum atomic E-state index is 12.7. The van der Waals surface area contributed by atoms with E-state index in [1.54, 1.807) is 42.5 Å². The second-order valence-corrected chi connectivity index (χ2v) is 8.87. The van der Waals surface area contributed by atoms with Gasteiger partial charge in [0.1, 0.15) is 12.1 Å². The third kappa shape index (κ3) is 7.00. The fourth-order valence-corrected chi connectivity index (χ4v) is 4.21. The summed E-state index contributed by atoms with van der Waals surface area (Å²) in [6.45, 7) is 1.26. The molecule has 0 saturated heterocycles. The number of carbonyl (C=O) groups is 3. The zero-order valence-corrected chi connectivity index (χ0v) is 17.3. The number of amides is 2. The Morgan fingerprint density at radius 2 is 1.47 bits per heavy atom. The Hall–Kier alpha value is -3.20. The van der Waals surface area contributed by atoms with Crippen molar-refractivity contribution in [2.24, 2.45) is 0 Å². The van der Waals surface area contributed by atoms with Gasteiger partial charge in [-0.2, -0.15) is 0 Å². The second-order valence-electron chi connectivity index (χ2n) is 6.76. The number of hydrogen-bond acceptors (Lipinski definition) is 5. The summed E-state index contributed by atoms with van der Waals surface area (Å²) in [7, 11) is -3.70. The Kier molecular flexibility index (Phi) is 8.11. The van der Waals surface area contributed by atoms with Crippen molar-refractivity contribution in [3.63, 3.8) is 0 Å². The van der Waals surface area contributed by atoms with E-state index >= 15 is 0 Å². The molecule has 2 aromatic carbocycles. The number of aliphatic carboxylic acids is 1. The van der Waals surface area contributed by atoms with Gasteiger partial charge in [0.2, 0.25) is 11.8 Å². The quantitative estimate of drug-likeness (QED) is 0.517. The lowest BCUT2D eigenvalue weighted by molar-refractivity contribution is -0.142. The van der Waals surface area contributed by atoms with Gasteiger partial charge in [-0.05, 0) is 24.1 Å². The smallest absolute Gasteiger partial charge is 0.326 e. The molecule has 0 unspecified atom stereocenters. The number of sulfone groups is 1. The van der Waals surface area contributed by atoms with Crippen LogP contribution in [0.4, 0.5) is 0 Å². The van der Waals surface area contributed by atoms with Crippen LogP contribution < -0.4 is 10.6 Å². The van der Waals surface area contributed by atoms with Crippen LogP contribution in [0.3, 0.4) is 0 Å². The van der Waals surface area contributed by atoms with Crippen LogP contribution in [0, 0.1) is 0 Å². The van der Waals surface area contributed by atoms with E-state index in [0.29, 0.717) is 0 Å². The Morgan fingerprint density at radius 1 is 0.900 bits per heavy atom. The van der Waals surface area contributed by atoms with Crippen molar-refractivity contribution in [2.45, 2.75) is 36.7 Å². The molecular weight excluding hydrogens is 408 g/mol. The van der Waals surface area contributed by atoms with Gasteiger partial charge in [0.05, 0.1) is 10.6 Å². The molecular formula is C21H24N2O6S. The minimum Gasteiger partial charge on any atom is -0.480 e. The number of benzene rings is 2. The van der Waals surface area contributed by atoms with E-state index in [4.69, 9.17) is 0 Å². The number of hydrogen-bond donors (Lipinski definition) is 3. The lowest BCUT2D eigenvalue weighted by Gasteiger charge is -2.21. The summed E-state index contributed by atoms with van der Waals surface area (Å²) in [5.41, 5.74) is 0.782. The highest BCUT2D eigenvalue weighted by atomic mass is 32.2. The summed E-state index contributed by atoms with van der Waals surface area (Å²) in [5, 5.41) is 14.3. The van der Waals surface area contributed by atoms with Crippen LogP contribution >= 0.6 is 0 Å². The van der Waals surface area contributed by atoms with Crippen molar-refractivity contribution in [1.82, 2.24) is 10.6 Å². The molecule has 8 nitrogen and oxygen atoms in total. The number of carboxylic acids is 1. The summed E-state index contributed by atoms with van der Waals surface area (Å²) < 4.78 is 24.8. The van der Waals surface area contributed by atoms with Gasteiger partial charge in [0, 0.05) is 13.3 Å². The molecule has 2 rings (SSSR count). The van der Waals surface area contributed by atoms with Gasteiger partial charge < -0.3 is 15.7 Å². The van der Waals surface area contributed by atoms with Crippen molar-refractivity contribution in [3.8, 4) is 0 Å². The van der Waals surface area contributed by atoms with Gasteiger partial charge >= 0.3 is 5.97 Å². The van der Waals surface area contributed by atoms with Crippen molar-refractivity contribution < 1.29 is 27.9 Å². The molecule has 9 heteroatoms. The number of carbonyl (C=O) groups excluding carboxylic acids is 2. The average Bonchev–Trinajstić information content (AvgIpc) is 2.71. The summed E-state index contributed by atoms with van der Waals surface area (Å²) in [5.74, 6) is -2.94. The van der Waals surface area contributed by atoms with Gasteiger partial charge in [-0.1, -0.05) is 48.5 Å². The first-order valence-corrected chi connectivity index (χ1v) is 11.0. The number of carboxylic acid groups (broad SMARTS) is 1. The number of nitrogens with one attached hydrogen (secondary N) is 2. The molecule has 0 aliphatic rings. The molecule has 0 saturated carbocycles. The van der Waals surface area contributed by atoms with E-state index in [1.165, 1.54) is 19.1 Å². The lowest BCUT2D eigenvalue weighted by atomic mass is 10.0. The highest BCUT2D eigenvalue weighted by Crippen LogP contribution is 2.12. The second kappa shape index (κ2) is 10.5. The molecule has 2 atom stereocenters. The monoisotopic (exact) mass is 432 g/mol. The Labute approximate surface area is 175 Å². The topological polar surface area (TPSA) is 130 Å². The highest BCUT2D eigenvalue weighted by Gasteiger charge is 2.28. The van der Waals surface area contributed by atoms with E-state index in [1.807, 2.05) is 6.07 Å². The van der Waals surface area contributed by atoms with E-state index in [0.717, 1.165) is 5.56 Å². The Balaban J connectivity index is 2.08. The molecule has 3 N–H and O–H groups in total. The zero-order chi connectivity index (χ0) is 22.1.